The first kappa shape index (κ1) is 20.8. The third-order valence-corrected chi connectivity index (χ3v) is 4.76. The largest absolute Gasteiger partial charge is 0.468 e. The van der Waals surface area contributed by atoms with Crippen LogP contribution in [-0.4, -0.2) is 59.4 Å². The first-order valence-electron chi connectivity index (χ1n) is 9.89. The molecule has 1 aromatic carbocycles. The van der Waals surface area contributed by atoms with Crippen LogP contribution in [0.25, 0.3) is 16.7 Å². The molecule has 154 valence electrons. The summed E-state index contributed by atoms with van der Waals surface area (Å²) in [6, 6.07) is 10.1. The van der Waals surface area contributed by atoms with E-state index >= 15 is 0 Å². The van der Waals surface area contributed by atoms with Crippen molar-refractivity contribution < 1.29 is 9.53 Å². The molecule has 1 N–H and O–H groups in total. The maximum atomic E-state index is 12.0. The maximum absolute atomic E-state index is 12.0. The van der Waals surface area contributed by atoms with E-state index in [9.17, 15) is 4.79 Å². The van der Waals surface area contributed by atoms with Crippen LogP contribution in [0.5, 0.6) is 5.88 Å². The summed E-state index contributed by atoms with van der Waals surface area (Å²) in [4.78, 5) is 18.7. The summed E-state index contributed by atoms with van der Waals surface area (Å²) in [5.41, 5.74) is 4.91. The Morgan fingerprint density at radius 1 is 1.21 bits per heavy atom. The van der Waals surface area contributed by atoms with Crippen molar-refractivity contribution >= 4 is 16.9 Å². The minimum atomic E-state index is -0.157. The van der Waals surface area contributed by atoms with Crippen LogP contribution in [0.15, 0.2) is 30.3 Å². The summed E-state index contributed by atoms with van der Waals surface area (Å²) >= 11 is 0. The van der Waals surface area contributed by atoms with Crippen LogP contribution < -0.4 is 10.1 Å². The van der Waals surface area contributed by atoms with E-state index in [0.29, 0.717) is 12.4 Å². The van der Waals surface area contributed by atoms with Crippen LogP contribution in [0, 0.1) is 13.8 Å². The van der Waals surface area contributed by atoms with Crippen LogP contribution >= 0.6 is 0 Å². The van der Waals surface area contributed by atoms with Gasteiger partial charge in [0.2, 0.25) is 5.88 Å². The Morgan fingerprint density at radius 3 is 2.59 bits per heavy atom. The number of carbonyl (C=O) groups is 1. The normalized spacial score (nSPS) is 11.2. The van der Waals surface area contributed by atoms with Gasteiger partial charge in [0.05, 0.1) is 11.4 Å². The number of nitrogens with zero attached hydrogens (tertiary/aromatic N) is 4. The van der Waals surface area contributed by atoms with Crippen molar-refractivity contribution in [2.75, 3.05) is 33.8 Å². The fourth-order valence-electron chi connectivity index (χ4n) is 3.18. The first-order valence-corrected chi connectivity index (χ1v) is 9.89. The molecule has 0 spiro atoms. The summed E-state index contributed by atoms with van der Waals surface area (Å²) in [6.07, 6.45) is 0.824. The molecule has 0 saturated heterocycles. The van der Waals surface area contributed by atoms with Gasteiger partial charge in [-0.3, -0.25) is 4.79 Å². The van der Waals surface area contributed by atoms with Gasteiger partial charge in [0.1, 0.15) is 0 Å². The van der Waals surface area contributed by atoms with Crippen molar-refractivity contribution in [3.8, 4) is 11.6 Å². The van der Waals surface area contributed by atoms with Gasteiger partial charge in [0.15, 0.2) is 12.3 Å². The van der Waals surface area contributed by atoms with Crippen LogP contribution in [0.4, 0.5) is 0 Å². The highest BCUT2D eigenvalue weighted by Gasteiger charge is 2.16. The summed E-state index contributed by atoms with van der Waals surface area (Å²) in [6.45, 7) is 7.44. The van der Waals surface area contributed by atoms with E-state index in [0.717, 1.165) is 40.9 Å². The van der Waals surface area contributed by atoms with Crippen molar-refractivity contribution in [2.45, 2.75) is 27.2 Å². The lowest BCUT2D eigenvalue weighted by atomic mass is 10.1. The number of amides is 1. The molecule has 0 aliphatic heterocycles. The Labute approximate surface area is 171 Å². The number of nitrogens with one attached hydrogen (secondary N) is 1. The lowest BCUT2D eigenvalue weighted by Gasteiger charge is -2.11. The molecule has 29 heavy (non-hydrogen) atoms. The first-order chi connectivity index (χ1) is 13.9. The maximum Gasteiger partial charge on any atom is 0.258 e. The second-order valence-electron chi connectivity index (χ2n) is 7.45. The lowest BCUT2D eigenvalue weighted by molar-refractivity contribution is -0.123. The topological polar surface area (TPSA) is 72.3 Å². The Morgan fingerprint density at radius 2 is 1.93 bits per heavy atom. The van der Waals surface area contributed by atoms with Gasteiger partial charge in [-0.2, -0.15) is 10.1 Å². The van der Waals surface area contributed by atoms with Crippen molar-refractivity contribution in [3.63, 3.8) is 0 Å². The zero-order chi connectivity index (χ0) is 21.0. The standard InChI is InChI=1S/C22H29N5O2/c1-6-17-13-20(29-14-19(28)23-11-12-26(4)5)24-22-21(17)16(3)25-27(22)18-9-7-15(2)8-10-18/h7-10,13H,6,11-12,14H2,1-5H3,(H,23,28). The average Bonchev–Trinajstić information content (AvgIpc) is 3.02. The molecule has 0 aliphatic carbocycles. The molecule has 0 unspecified atom stereocenters. The number of ether oxygens (including phenoxy) is 1. The zero-order valence-electron chi connectivity index (χ0n) is 17.8. The van der Waals surface area contributed by atoms with Gasteiger partial charge in [-0.15, -0.1) is 0 Å². The summed E-state index contributed by atoms with van der Waals surface area (Å²) in [5.74, 6) is 0.278. The van der Waals surface area contributed by atoms with Gasteiger partial charge in [-0.1, -0.05) is 24.6 Å². The molecule has 0 atom stereocenters. The van der Waals surface area contributed by atoms with E-state index in [4.69, 9.17) is 9.84 Å². The molecular weight excluding hydrogens is 366 g/mol. The molecule has 0 radical (unpaired) electrons. The Kier molecular flexibility index (Phi) is 6.49. The number of pyridine rings is 1. The van der Waals surface area contributed by atoms with E-state index in [1.807, 2.05) is 48.8 Å². The number of hydrogen-bond acceptors (Lipinski definition) is 5. The fourth-order valence-corrected chi connectivity index (χ4v) is 3.18. The molecule has 7 nitrogen and oxygen atoms in total. The minimum Gasteiger partial charge on any atom is -0.468 e. The predicted molar refractivity (Wildman–Crippen MR) is 115 cm³/mol. The van der Waals surface area contributed by atoms with E-state index in [2.05, 4.69) is 36.3 Å². The van der Waals surface area contributed by atoms with Crippen molar-refractivity contribution in [3.05, 3.63) is 47.2 Å². The smallest absolute Gasteiger partial charge is 0.258 e. The van der Waals surface area contributed by atoms with E-state index in [1.54, 1.807) is 0 Å². The van der Waals surface area contributed by atoms with Gasteiger partial charge >= 0.3 is 0 Å². The Balaban J connectivity index is 1.86. The molecule has 0 bridgehead atoms. The third-order valence-electron chi connectivity index (χ3n) is 4.76. The number of hydrogen-bond donors (Lipinski definition) is 1. The molecule has 2 aromatic heterocycles. The van der Waals surface area contributed by atoms with E-state index < -0.39 is 0 Å². The highest BCUT2D eigenvalue weighted by molar-refractivity contribution is 5.84. The second kappa shape index (κ2) is 9.05. The van der Waals surface area contributed by atoms with Crippen LogP contribution in [0.1, 0.15) is 23.7 Å². The van der Waals surface area contributed by atoms with E-state index in [1.165, 1.54) is 5.56 Å². The molecular formula is C22H29N5O2. The van der Waals surface area contributed by atoms with E-state index in [-0.39, 0.29) is 12.5 Å². The molecule has 0 aliphatic rings. The molecule has 0 fully saturated rings. The number of fused-ring (bicyclic) bond motifs is 1. The number of benzene rings is 1. The molecule has 1 amide bonds. The third kappa shape index (κ3) is 4.92. The number of likely N-dealkylation sites (N-methyl/N-ethyl adjacent to an activating group) is 1. The molecule has 3 aromatic rings. The molecule has 0 saturated carbocycles. The summed E-state index contributed by atoms with van der Waals surface area (Å²) in [7, 11) is 3.93. The highest BCUT2D eigenvalue weighted by atomic mass is 16.5. The summed E-state index contributed by atoms with van der Waals surface area (Å²) in [5, 5.41) is 8.59. The van der Waals surface area contributed by atoms with Crippen LogP contribution in [0.2, 0.25) is 0 Å². The number of aryl methyl sites for hydroxylation is 3. The molecule has 2 heterocycles. The van der Waals surface area contributed by atoms with Crippen LogP contribution in [-0.2, 0) is 11.2 Å². The van der Waals surface area contributed by atoms with Crippen LogP contribution in [0.3, 0.4) is 0 Å². The number of aromatic nitrogens is 3. The fraction of sp³-hybridized carbons (Fsp3) is 0.409. The predicted octanol–water partition coefficient (Wildman–Crippen LogP) is 2.66. The van der Waals surface area contributed by atoms with Gasteiger partial charge in [0, 0.05) is 24.5 Å². The Bertz CT molecular complexity index is 993. The number of carbonyl (C=O) groups excluding carboxylic acids is 1. The molecule has 7 heteroatoms. The highest BCUT2D eigenvalue weighted by Crippen LogP contribution is 2.27. The quantitative estimate of drug-likeness (QED) is 0.635. The van der Waals surface area contributed by atoms with Crippen molar-refractivity contribution in [1.82, 2.24) is 25.0 Å². The monoisotopic (exact) mass is 395 g/mol. The SMILES string of the molecule is CCc1cc(OCC(=O)NCCN(C)C)nc2c1c(C)nn2-c1ccc(C)cc1. The summed E-state index contributed by atoms with van der Waals surface area (Å²) < 4.78 is 7.56. The number of rotatable bonds is 8. The minimum absolute atomic E-state index is 0.0628. The Hall–Kier alpha value is -2.93. The van der Waals surface area contributed by atoms with Gasteiger partial charge < -0.3 is 15.0 Å². The van der Waals surface area contributed by atoms with Gasteiger partial charge in [-0.05, 0) is 52.1 Å². The average molecular weight is 396 g/mol. The molecule has 3 rings (SSSR count). The zero-order valence-corrected chi connectivity index (χ0v) is 17.8. The second-order valence-corrected chi connectivity index (χ2v) is 7.45. The lowest BCUT2D eigenvalue weighted by Crippen LogP contribution is -2.34. The van der Waals surface area contributed by atoms with Gasteiger partial charge in [0.25, 0.3) is 5.91 Å². The van der Waals surface area contributed by atoms with Gasteiger partial charge in [-0.25, -0.2) is 4.68 Å². The van der Waals surface area contributed by atoms with Crippen molar-refractivity contribution in [2.24, 2.45) is 0 Å². The van der Waals surface area contributed by atoms with Crippen molar-refractivity contribution in [1.29, 1.82) is 0 Å².